The molecule has 0 spiro atoms. The highest BCUT2D eigenvalue weighted by Crippen LogP contribution is 2.29. The van der Waals surface area contributed by atoms with Gasteiger partial charge >= 0.3 is 0 Å². The number of likely N-dealkylation sites (N-methyl/N-ethyl adjacent to an activating group) is 1. The molecule has 1 aliphatic heterocycles. The van der Waals surface area contributed by atoms with Crippen LogP contribution in [0.25, 0.3) is 10.6 Å². The molecule has 1 N–H and O–H groups in total. The van der Waals surface area contributed by atoms with Crippen LogP contribution in [0.15, 0.2) is 36.7 Å². The SMILES string of the molecule is CCN1CCN(c2cc(Nc3ncc(-c4ccccn4)s3)nc(C)n2)CC1. The summed E-state index contributed by atoms with van der Waals surface area (Å²) in [4.78, 5) is 23.8. The van der Waals surface area contributed by atoms with Gasteiger partial charge in [0.25, 0.3) is 0 Å². The number of anilines is 3. The number of hydrogen-bond donors (Lipinski definition) is 1. The van der Waals surface area contributed by atoms with E-state index in [9.17, 15) is 0 Å². The highest BCUT2D eigenvalue weighted by atomic mass is 32.1. The summed E-state index contributed by atoms with van der Waals surface area (Å²) >= 11 is 1.57. The van der Waals surface area contributed by atoms with E-state index in [4.69, 9.17) is 0 Å². The third kappa shape index (κ3) is 4.23. The molecule has 1 saturated heterocycles. The van der Waals surface area contributed by atoms with Crippen LogP contribution in [0, 0.1) is 6.92 Å². The van der Waals surface area contributed by atoms with Gasteiger partial charge in [-0.3, -0.25) is 4.98 Å². The van der Waals surface area contributed by atoms with Crippen LogP contribution in [0.1, 0.15) is 12.7 Å². The summed E-state index contributed by atoms with van der Waals surface area (Å²) in [6.07, 6.45) is 3.63. The Hall–Kier alpha value is -2.58. The van der Waals surface area contributed by atoms with Crippen molar-refractivity contribution in [3.8, 4) is 10.6 Å². The summed E-state index contributed by atoms with van der Waals surface area (Å²) in [6.45, 7) is 9.37. The van der Waals surface area contributed by atoms with E-state index in [1.54, 1.807) is 17.5 Å². The second kappa shape index (κ2) is 7.98. The Morgan fingerprint density at radius 2 is 1.96 bits per heavy atom. The van der Waals surface area contributed by atoms with E-state index >= 15 is 0 Å². The molecule has 4 rings (SSSR count). The Morgan fingerprint density at radius 1 is 1.11 bits per heavy atom. The first-order chi connectivity index (χ1) is 13.2. The van der Waals surface area contributed by atoms with Crippen LogP contribution in [-0.4, -0.2) is 57.6 Å². The molecule has 4 heterocycles. The van der Waals surface area contributed by atoms with Crippen LogP contribution in [0.5, 0.6) is 0 Å². The first-order valence-electron chi connectivity index (χ1n) is 9.18. The van der Waals surface area contributed by atoms with Gasteiger partial charge in [0, 0.05) is 44.6 Å². The minimum Gasteiger partial charge on any atom is -0.354 e. The van der Waals surface area contributed by atoms with E-state index in [2.05, 4.69) is 42.0 Å². The molecule has 3 aromatic rings. The van der Waals surface area contributed by atoms with E-state index < -0.39 is 0 Å². The maximum atomic E-state index is 4.63. The number of thiazole rings is 1. The molecule has 8 heteroatoms. The largest absolute Gasteiger partial charge is 0.354 e. The lowest BCUT2D eigenvalue weighted by atomic mass is 10.3. The van der Waals surface area contributed by atoms with Crippen molar-refractivity contribution in [3.05, 3.63) is 42.5 Å². The molecule has 140 valence electrons. The molecule has 0 aromatic carbocycles. The lowest BCUT2D eigenvalue weighted by molar-refractivity contribution is 0.270. The van der Waals surface area contributed by atoms with Gasteiger partial charge in [0.05, 0.1) is 10.6 Å². The molecule has 0 saturated carbocycles. The predicted octanol–water partition coefficient (Wildman–Crippen LogP) is 3.19. The van der Waals surface area contributed by atoms with Gasteiger partial charge in [0.2, 0.25) is 0 Å². The number of aromatic nitrogens is 4. The smallest absolute Gasteiger partial charge is 0.188 e. The van der Waals surface area contributed by atoms with Crippen molar-refractivity contribution in [1.82, 2.24) is 24.8 Å². The van der Waals surface area contributed by atoms with Crippen molar-refractivity contribution in [2.75, 3.05) is 42.9 Å². The molecule has 1 fully saturated rings. The summed E-state index contributed by atoms with van der Waals surface area (Å²) in [5.41, 5.74) is 0.927. The quantitative estimate of drug-likeness (QED) is 0.728. The third-order valence-electron chi connectivity index (χ3n) is 4.63. The van der Waals surface area contributed by atoms with E-state index in [0.717, 1.165) is 65.9 Å². The third-order valence-corrected chi connectivity index (χ3v) is 5.56. The number of nitrogens with one attached hydrogen (secondary N) is 1. The maximum absolute atomic E-state index is 4.63. The van der Waals surface area contributed by atoms with Crippen LogP contribution < -0.4 is 10.2 Å². The van der Waals surface area contributed by atoms with Crippen LogP contribution in [0.3, 0.4) is 0 Å². The predicted molar refractivity (Wildman–Crippen MR) is 110 cm³/mol. The number of aryl methyl sites for hydroxylation is 1. The Labute approximate surface area is 163 Å². The number of rotatable bonds is 5. The number of hydrogen-bond acceptors (Lipinski definition) is 8. The van der Waals surface area contributed by atoms with E-state index in [1.807, 2.05) is 37.4 Å². The highest BCUT2D eigenvalue weighted by Gasteiger charge is 2.18. The topological polar surface area (TPSA) is 70.1 Å². The van der Waals surface area contributed by atoms with E-state index in [-0.39, 0.29) is 0 Å². The van der Waals surface area contributed by atoms with Crippen molar-refractivity contribution in [3.63, 3.8) is 0 Å². The molecular weight excluding hydrogens is 358 g/mol. The molecule has 0 aliphatic carbocycles. The molecule has 0 unspecified atom stereocenters. The Kier molecular flexibility index (Phi) is 5.26. The van der Waals surface area contributed by atoms with Gasteiger partial charge in [-0.25, -0.2) is 15.0 Å². The summed E-state index contributed by atoms with van der Waals surface area (Å²) in [7, 11) is 0. The zero-order valence-electron chi connectivity index (χ0n) is 15.6. The highest BCUT2D eigenvalue weighted by molar-refractivity contribution is 7.18. The van der Waals surface area contributed by atoms with Gasteiger partial charge in [-0.2, -0.15) is 0 Å². The van der Waals surface area contributed by atoms with Gasteiger partial charge < -0.3 is 15.1 Å². The number of piperazine rings is 1. The summed E-state index contributed by atoms with van der Waals surface area (Å²) < 4.78 is 0. The minimum absolute atomic E-state index is 0.759. The number of nitrogens with zero attached hydrogens (tertiary/aromatic N) is 6. The fourth-order valence-electron chi connectivity index (χ4n) is 3.14. The second-order valence-corrected chi connectivity index (χ2v) is 7.48. The second-order valence-electron chi connectivity index (χ2n) is 6.45. The average Bonchev–Trinajstić information content (AvgIpc) is 3.17. The molecule has 27 heavy (non-hydrogen) atoms. The molecule has 1 aliphatic rings. The number of pyridine rings is 1. The fourth-order valence-corrected chi connectivity index (χ4v) is 3.94. The Morgan fingerprint density at radius 3 is 2.70 bits per heavy atom. The van der Waals surface area contributed by atoms with Crippen LogP contribution >= 0.6 is 11.3 Å². The zero-order valence-corrected chi connectivity index (χ0v) is 16.4. The van der Waals surface area contributed by atoms with E-state index in [0.29, 0.717) is 0 Å². The van der Waals surface area contributed by atoms with Gasteiger partial charge in [0.1, 0.15) is 17.5 Å². The van der Waals surface area contributed by atoms with Crippen molar-refractivity contribution < 1.29 is 0 Å². The molecule has 0 amide bonds. The standard InChI is InChI=1S/C19H23N7S/c1-3-25-8-10-26(11-9-25)18-12-17(22-14(2)23-18)24-19-21-13-16(27-19)15-6-4-5-7-20-15/h4-7,12-13H,3,8-11H2,1-2H3,(H,21,22,23,24). The van der Waals surface area contributed by atoms with Crippen molar-refractivity contribution in [2.24, 2.45) is 0 Å². The van der Waals surface area contributed by atoms with Crippen LogP contribution in [0.4, 0.5) is 16.8 Å². The monoisotopic (exact) mass is 381 g/mol. The molecule has 0 radical (unpaired) electrons. The average molecular weight is 382 g/mol. The van der Waals surface area contributed by atoms with Crippen LogP contribution in [-0.2, 0) is 0 Å². The van der Waals surface area contributed by atoms with Crippen molar-refractivity contribution in [2.45, 2.75) is 13.8 Å². The van der Waals surface area contributed by atoms with Gasteiger partial charge in [-0.05, 0) is 25.6 Å². The molecule has 3 aromatic heterocycles. The zero-order chi connectivity index (χ0) is 18.6. The summed E-state index contributed by atoms with van der Waals surface area (Å²) in [5.74, 6) is 2.51. The lowest BCUT2D eigenvalue weighted by Gasteiger charge is -2.34. The summed E-state index contributed by atoms with van der Waals surface area (Å²) in [6, 6.07) is 7.89. The van der Waals surface area contributed by atoms with Gasteiger partial charge in [-0.1, -0.05) is 24.3 Å². The minimum atomic E-state index is 0.759. The summed E-state index contributed by atoms with van der Waals surface area (Å²) in [5, 5.41) is 4.13. The molecular formula is C19H23N7S. The van der Waals surface area contributed by atoms with Crippen molar-refractivity contribution in [1.29, 1.82) is 0 Å². The first-order valence-corrected chi connectivity index (χ1v) is 10.00. The first kappa shape index (κ1) is 17.8. The molecule has 0 atom stereocenters. The maximum Gasteiger partial charge on any atom is 0.188 e. The van der Waals surface area contributed by atoms with Gasteiger partial charge in [-0.15, -0.1) is 0 Å². The Bertz CT molecular complexity index is 888. The molecule has 7 nitrogen and oxygen atoms in total. The lowest BCUT2D eigenvalue weighted by Crippen LogP contribution is -2.46. The Balaban J connectivity index is 1.50. The van der Waals surface area contributed by atoms with Crippen molar-refractivity contribution >= 4 is 28.1 Å². The fraction of sp³-hybridized carbons (Fsp3) is 0.368. The van der Waals surface area contributed by atoms with Crippen LogP contribution in [0.2, 0.25) is 0 Å². The van der Waals surface area contributed by atoms with E-state index in [1.165, 1.54) is 0 Å². The normalized spacial score (nSPS) is 15.1. The molecule has 0 bridgehead atoms. The van der Waals surface area contributed by atoms with Gasteiger partial charge in [0.15, 0.2) is 5.13 Å².